The van der Waals surface area contributed by atoms with E-state index in [1.165, 1.54) is 6.42 Å². The van der Waals surface area contributed by atoms with Gasteiger partial charge in [-0.1, -0.05) is 18.2 Å². The van der Waals surface area contributed by atoms with E-state index in [4.69, 9.17) is 9.47 Å². The fourth-order valence-electron chi connectivity index (χ4n) is 4.92. The number of hydrogen-bond acceptors (Lipinski definition) is 2. The molecule has 1 saturated heterocycles. The summed E-state index contributed by atoms with van der Waals surface area (Å²) in [6, 6.07) is 3.25. The molecule has 5 heteroatoms. The van der Waals surface area contributed by atoms with Crippen molar-refractivity contribution in [2.75, 3.05) is 19.9 Å². The molecule has 2 aliphatic rings. The zero-order chi connectivity index (χ0) is 20.6. The molecule has 0 bridgehead atoms. The Morgan fingerprint density at radius 3 is 2.41 bits per heavy atom. The molecule has 2 atom stereocenters. The predicted octanol–water partition coefficient (Wildman–Crippen LogP) is 6.74. The number of halogens is 3. The lowest BCUT2D eigenvalue weighted by molar-refractivity contribution is -0.0402. The lowest BCUT2D eigenvalue weighted by Crippen LogP contribution is -2.32. The Morgan fingerprint density at radius 1 is 1.00 bits per heavy atom. The van der Waals surface area contributed by atoms with Gasteiger partial charge in [-0.25, -0.2) is 8.78 Å². The van der Waals surface area contributed by atoms with Gasteiger partial charge in [0.1, 0.15) is 6.67 Å². The van der Waals surface area contributed by atoms with Crippen LogP contribution in [0.1, 0.15) is 69.8 Å². The summed E-state index contributed by atoms with van der Waals surface area (Å²) >= 11 is 0. The van der Waals surface area contributed by atoms with Crippen molar-refractivity contribution in [3.63, 3.8) is 0 Å². The molecular weight excluding hydrogens is 377 g/mol. The SMILES string of the molecule is CCOc1ccc(C2CCC(C3CCC(CC/C=C/CF)OC3)CC2)c(F)c1F. The number of hydrogen-bond donors (Lipinski definition) is 0. The van der Waals surface area contributed by atoms with E-state index in [-0.39, 0.29) is 17.8 Å². The molecule has 0 N–H and O–H groups in total. The van der Waals surface area contributed by atoms with Gasteiger partial charge < -0.3 is 9.47 Å². The van der Waals surface area contributed by atoms with Crippen LogP contribution in [-0.4, -0.2) is 26.0 Å². The van der Waals surface area contributed by atoms with E-state index in [2.05, 4.69) is 0 Å². The van der Waals surface area contributed by atoms with Gasteiger partial charge in [0.05, 0.1) is 19.3 Å². The average Bonchev–Trinajstić information content (AvgIpc) is 2.75. The van der Waals surface area contributed by atoms with Crippen molar-refractivity contribution < 1.29 is 22.6 Å². The minimum atomic E-state index is -0.862. The summed E-state index contributed by atoms with van der Waals surface area (Å²) in [6.07, 6.45) is 11.6. The maximum absolute atomic E-state index is 14.5. The zero-order valence-electron chi connectivity index (χ0n) is 17.3. The smallest absolute Gasteiger partial charge is 0.200 e. The Morgan fingerprint density at radius 2 is 1.76 bits per heavy atom. The molecule has 1 heterocycles. The second-order valence-electron chi connectivity index (χ2n) is 8.32. The summed E-state index contributed by atoms with van der Waals surface area (Å²) < 4.78 is 52.0. The Bertz CT molecular complexity index is 660. The molecule has 29 heavy (non-hydrogen) atoms. The van der Waals surface area contributed by atoms with Gasteiger partial charge in [0.2, 0.25) is 5.82 Å². The first-order chi connectivity index (χ1) is 14.1. The van der Waals surface area contributed by atoms with Crippen LogP contribution in [0.25, 0.3) is 0 Å². The molecule has 1 aromatic rings. The van der Waals surface area contributed by atoms with E-state index in [9.17, 15) is 13.2 Å². The zero-order valence-corrected chi connectivity index (χ0v) is 17.3. The number of allylic oxidation sites excluding steroid dienone is 2. The van der Waals surface area contributed by atoms with Gasteiger partial charge in [-0.2, -0.15) is 4.39 Å². The standard InChI is InChI=1S/C24H33F3O2/c1-2-28-22-14-13-21(23(26)24(22)27)18-9-7-17(8-10-18)19-11-12-20(29-16-19)6-4-3-5-15-25/h3,5,13-14,17-20H,2,4,6-12,15-16H2,1H3/b5-3+. The molecule has 1 aliphatic heterocycles. The fraction of sp³-hybridized carbons (Fsp3) is 0.667. The first-order valence-corrected chi connectivity index (χ1v) is 11.1. The van der Waals surface area contributed by atoms with Crippen molar-refractivity contribution >= 4 is 0 Å². The van der Waals surface area contributed by atoms with Crippen LogP contribution in [0.3, 0.4) is 0 Å². The van der Waals surface area contributed by atoms with Crippen molar-refractivity contribution in [2.24, 2.45) is 11.8 Å². The van der Waals surface area contributed by atoms with Gasteiger partial charge in [-0.3, -0.25) is 0 Å². The van der Waals surface area contributed by atoms with Gasteiger partial charge in [0, 0.05) is 0 Å². The molecule has 162 valence electrons. The van der Waals surface area contributed by atoms with E-state index in [0.29, 0.717) is 24.0 Å². The van der Waals surface area contributed by atoms with Crippen molar-refractivity contribution in [1.29, 1.82) is 0 Å². The fourth-order valence-corrected chi connectivity index (χ4v) is 4.92. The quantitative estimate of drug-likeness (QED) is 0.442. The molecule has 3 rings (SSSR count). The highest BCUT2D eigenvalue weighted by Crippen LogP contribution is 2.43. The molecule has 1 aromatic carbocycles. The van der Waals surface area contributed by atoms with Gasteiger partial charge in [0.15, 0.2) is 11.6 Å². The molecule has 2 nitrogen and oxygen atoms in total. The van der Waals surface area contributed by atoms with Crippen LogP contribution in [0, 0.1) is 23.5 Å². The monoisotopic (exact) mass is 410 g/mol. The van der Waals surface area contributed by atoms with Crippen LogP contribution < -0.4 is 4.74 Å². The summed E-state index contributed by atoms with van der Waals surface area (Å²) in [4.78, 5) is 0. The molecule has 1 saturated carbocycles. The third-order valence-corrected chi connectivity index (χ3v) is 6.57. The molecule has 2 unspecified atom stereocenters. The van der Waals surface area contributed by atoms with E-state index < -0.39 is 18.3 Å². The first-order valence-electron chi connectivity index (χ1n) is 11.1. The van der Waals surface area contributed by atoms with Crippen LogP contribution in [-0.2, 0) is 4.74 Å². The molecule has 0 spiro atoms. The highest BCUT2D eigenvalue weighted by atomic mass is 19.2. The van der Waals surface area contributed by atoms with Gasteiger partial charge >= 0.3 is 0 Å². The Kier molecular flexibility index (Phi) is 8.46. The third-order valence-electron chi connectivity index (χ3n) is 6.57. The van der Waals surface area contributed by atoms with Crippen LogP contribution in [0.4, 0.5) is 13.2 Å². The van der Waals surface area contributed by atoms with Crippen LogP contribution in [0.2, 0.25) is 0 Å². The van der Waals surface area contributed by atoms with Crippen LogP contribution in [0.15, 0.2) is 24.3 Å². The van der Waals surface area contributed by atoms with Gasteiger partial charge in [0.25, 0.3) is 0 Å². The van der Waals surface area contributed by atoms with Crippen LogP contribution in [0.5, 0.6) is 5.75 Å². The molecule has 1 aliphatic carbocycles. The molecule has 0 aromatic heterocycles. The van der Waals surface area contributed by atoms with Gasteiger partial charge in [-0.05, 0) is 87.7 Å². The Labute approximate surface area is 172 Å². The Hall–Kier alpha value is -1.49. The molecule has 2 fully saturated rings. The third kappa shape index (κ3) is 5.78. The normalized spacial score (nSPS) is 28.0. The molecule has 0 radical (unpaired) electrons. The lowest BCUT2D eigenvalue weighted by Gasteiger charge is -2.38. The van der Waals surface area contributed by atoms with E-state index in [1.807, 2.05) is 6.08 Å². The summed E-state index contributed by atoms with van der Waals surface area (Å²) in [5.74, 6) is -0.359. The van der Waals surface area contributed by atoms with E-state index >= 15 is 0 Å². The lowest BCUT2D eigenvalue weighted by atomic mass is 9.72. The average molecular weight is 411 g/mol. The van der Waals surface area contributed by atoms with Crippen LogP contribution >= 0.6 is 0 Å². The molecule has 0 amide bonds. The second-order valence-corrected chi connectivity index (χ2v) is 8.32. The predicted molar refractivity (Wildman–Crippen MR) is 109 cm³/mol. The van der Waals surface area contributed by atoms with E-state index in [1.54, 1.807) is 25.1 Å². The van der Waals surface area contributed by atoms with Crippen molar-refractivity contribution in [3.05, 3.63) is 41.5 Å². The summed E-state index contributed by atoms with van der Waals surface area (Å²) in [7, 11) is 0. The maximum Gasteiger partial charge on any atom is 0.200 e. The Balaban J connectivity index is 1.47. The second kappa shape index (κ2) is 11.1. The minimum Gasteiger partial charge on any atom is -0.491 e. The topological polar surface area (TPSA) is 18.5 Å². The minimum absolute atomic E-state index is 0.00321. The number of alkyl halides is 1. The summed E-state index contributed by atoms with van der Waals surface area (Å²) in [6.45, 7) is 2.47. The first kappa shape index (κ1) is 22.2. The largest absolute Gasteiger partial charge is 0.491 e. The molecular formula is C24H33F3O2. The van der Waals surface area contributed by atoms with E-state index in [0.717, 1.165) is 51.6 Å². The highest BCUT2D eigenvalue weighted by Gasteiger charge is 2.33. The maximum atomic E-state index is 14.5. The summed E-state index contributed by atoms with van der Waals surface area (Å²) in [5.41, 5.74) is 0.491. The van der Waals surface area contributed by atoms with Crippen molar-refractivity contribution in [1.82, 2.24) is 0 Å². The number of benzene rings is 1. The number of ether oxygens (including phenoxy) is 2. The highest BCUT2D eigenvalue weighted by molar-refractivity contribution is 5.33. The van der Waals surface area contributed by atoms with Crippen molar-refractivity contribution in [2.45, 2.75) is 70.3 Å². The number of rotatable bonds is 8. The van der Waals surface area contributed by atoms with Gasteiger partial charge in [-0.15, -0.1) is 0 Å². The van der Waals surface area contributed by atoms with Crippen molar-refractivity contribution in [3.8, 4) is 5.75 Å². The summed E-state index contributed by atoms with van der Waals surface area (Å²) in [5, 5.41) is 0.